The largest absolute Gasteiger partial charge is 0.549 e. The maximum absolute atomic E-state index is 11.1. The molecule has 0 fully saturated rings. The molecule has 227 valence electrons. The van der Waals surface area contributed by atoms with Gasteiger partial charge in [0.15, 0.2) is 11.6 Å². The van der Waals surface area contributed by atoms with E-state index in [1.165, 1.54) is 14.3 Å². The van der Waals surface area contributed by atoms with Gasteiger partial charge >= 0.3 is 5.97 Å². The van der Waals surface area contributed by atoms with Gasteiger partial charge in [-0.15, -0.1) is 0 Å². The Kier molecular flexibility index (Phi) is 11.9. The Labute approximate surface area is 275 Å². The molecular weight excluding hydrogens is 709 g/mol. The fourth-order valence-electron chi connectivity index (χ4n) is 4.21. The first kappa shape index (κ1) is 33.4. The first-order valence-corrected chi connectivity index (χ1v) is 12.5. The second-order valence-electron chi connectivity index (χ2n) is 9.24. The van der Waals surface area contributed by atoms with Crippen LogP contribution in [0.5, 0.6) is 0 Å². The van der Waals surface area contributed by atoms with E-state index in [0.717, 1.165) is 16.0 Å². The Morgan fingerprint density at radius 1 is 0.674 bits per heavy atom. The summed E-state index contributed by atoms with van der Waals surface area (Å²) in [6.07, 6.45) is 3.19. The second kappa shape index (κ2) is 15.4. The van der Waals surface area contributed by atoms with Crippen molar-refractivity contribution >= 4 is 23.9 Å². The molecule has 4 aromatic rings. The Morgan fingerprint density at radius 2 is 1.12 bits per heavy atom. The van der Waals surface area contributed by atoms with E-state index >= 15 is 0 Å². The van der Waals surface area contributed by atoms with Crippen LogP contribution < -0.4 is 15.3 Å². The zero-order valence-electron chi connectivity index (χ0n) is 22.4. The van der Waals surface area contributed by atoms with E-state index in [-0.39, 0.29) is 51.7 Å². The molecule has 0 aliphatic carbocycles. The minimum absolute atomic E-state index is 0. The smallest absolute Gasteiger partial charge is 0.317 e. The van der Waals surface area contributed by atoms with Crippen molar-refractivity contribution in [3.63, 3.8) is 0 Å². The average Bonchev–Trinajstić information content (AvgIpc) is 3.57. The van der Waals surface area contributed by atoms with Crippen LogP contribution in [0.25, 0.3) is 22.8 Å². The van der Waals surface area contributed by atoms with Gasteiger partial charge in [-0.2, -0.15) is 10.2 Å². The Bertz CT molecular complexity index is 1460. The summed E-state index contributed by atoms with van der Waals surface area (Å²) < 4.78 is 2.90. The zero-order valence-corrected chi connectivity index (χ0v) is 24.5. The monoisotopic (exact) mass is 733 g/mol. The molecule has 16 heteroatoms. The van der Waals surface area contributed by atoms with Crippen molar-refractivity contribution in [2.75, 3.05) is 26.2 Å². The molecule has 0 bridgehead atoms. The normalized spacial score (nSPS) is 10.9. The first-order valence-electron chi connectivity index (χ1n) is 12.5. The van der Waals surface area contributed by atoms with Crippen LogP contribution in [0, 0.1) is 38.6 Å². The number of aliphatic carboxylic acids is 4. The van der Waals surface area contributed by atoms with Crippen molar-refractivity contribution in [2.45, 2.75) is 13.1 Å². The van der Waals surface area contributed by atoms with Crippen LogP contribution in [0.2, 0.25) is 0 Å². The molecule has 4 rings (SSSR count). The van der Waals surface area contributed by atoms with Crippen LogP contribution in [0.1, 0.15) is 11.4 Å². The number of carbonyl (C=O) groups is 4. The van der Waals surface area contributed by atoms with E-state index in [1.807, 2.05) is 30.3 Å². The zero-order chi connectivity index (χ0) is 30.2. The van der Waals surface area contributed by atoms with Crippen LogP contribution in [-0.2, 0) is 32.3 Å². The number of rotatable bonds is 15. The molecule has 3 heterocycles. The maximum Gasteiger partial charge on any atom is 0.317 e. The molecular formula is C27H24N7O8Tb-3. The molecule has 0 spiro atoms. The van der Waals surface area contributed by atoms with Gasteiger partial charge in [0.25, 0.3) is 0 Å². The maximum atomic E-state index is 11.1. The third-order valence-corrected chi connectivity index (χ3v) is 5.85. The molecule has 0 unspecified atom stereocenters. The summed E-state index contributed by atoms with van der Waals surface area (Å²) in [7, 11) is 0. The molecule has 1 aromatic carbocycles. The van der Waals surface area contributed by atoms with E-state index in [1.54, 1.807) is 36.7 Å². The van der Waals surface area contributed by atoms with Gasteiger partial charge in [0.05, 0.1) is 35.8 Å². The third-order valence-electron chi connectivity index (χ3n) is 5.85. The van der Waals surface area contributed by atoms with Crippen molar-refractivity contribution in [3.8, 4) is 22.8 Å². The fraction of sp³-hybridized carbons (Fsp3) is 0.222. The number of hydrogen-bond donors (Lipinski definition) is 1. The van der Waals surface area contributed by atoms with Gasteiger partial charge in [-0.1, -0.05) is 30.3 Å². The number of carboxylic acid groups (broad SMARTS) is 4. The van der Waals surface area contributed by atoms with Crippen molar-refractivity contribution in [1.82, 2.24) is 34.3 Å². The molecule has 1 N–H and O–H groups in total. The van der Waals surface area contributed by atoms with E-state index in [4.69, 9.17) is 5.11 Å². The van der Waals surface area contributed by atoms with Gasteiger partial charge in [-0.05, 0) is 35.4 Å². The summed E-state index contributed by atoms with van der Waals surface area (Å²) in [5, 5.41) is 51.1. The number of nitrogens with zero attached hydrogens (tertiary/aromatic N) is 7. The van der Waals surface area contributed by atoms with E-state index in [9.17, 15) is 34.5 Å². The summed E-state index contributed by atoms with van der Waals surface area (Å²) >= 11 is 0. The summed E-state index contributed by atoms with van der Waals surface area (Å²) in [6.45, 7) is -2.51. The first-order chi connectivity index (χ1) is 20.0. The number of benzene rings is 1. The van der Waals surface area contributed by atoms with Crippen LogP contribution in [0.15, 0.2) is 67.0 Å². The minimum Gasteiger partial charge on any atom is -0.549 e. The SMILES string of the molecule is O=C([O-])CN(CC(=O)[O-])Cc1ccn(-c2cc(-c3ccccc3)cc(-n3ccc(CN(CC(=O)[O-])CC(=O)O)n3)n2)n1.[Tb]. The topological polar surface area (TPSA) is 213 Å². The van der Waals surface area contributed by atoms with Crippen molar-refractivity contribution in [2.24, 2.45) is 0 Å². The van der Waals surface area contributed by atoms with Crippen LogP contribution in [0.3, 0.4) is 0 Å². The molecule has 1 radical (unpaired) electrons. The number of carbonyl (C=O) groups excluding carboxylic acids is 3. The van der Waals surface area contributed by atoms with Gasteiger partial charge in [0.2, 0.25) is 0 Å². The van der Waals surface area contributed by atoms with E-state index < -0.39 is 50.1 Å². The number of carboxylic acids is 4. The minimum atomic E-state index is -1.44. The van der Waals surface area contributed by atoms with Gasteiger partial charge < -0.3 is 34.8 Å². The van der Waals surface area contributed by atoms with E-state index in [2.05, 4.69) is 15.2 Å². The predicted octanol–water partition coefficient (Wildman–Crippen LogP) is -2.94. The van der Waals surface area contributed by atoms with Crippen molar-refractivity contribution < 1.29 is 78.2 Å². The van der Waals surface area contributed by atoms with Crippen LogP contribution >= 0.6 is 0 Å². The Morgan fingerprint density at radius 3 is 1.53 bits per heavy atom. The molecule has 0 atom stereocenters. The van der Waals surface area contributed by atoms with Gasteiger partial charge in [-0.25, -0.2) is 14.3 Å². The molecule has 0 amide bonds. The molecule has 3 aromatic heterocycles. The van der Waals surface area contributed by atoms with Crippen LogP contribution in [0.4, 0.5) is 0 Å². The summed E-state index contributed by atoms with van der Waals surface area (Å²) in [5.74, 6) is -4.76. The van der Waals surface area contributed by atoms with Gasteiger partial charge in [0, 0.05) is 83.7 Å². The third kappa shape index (κ3) is 9.98. The average molecular weight is 733 g/mol. The number of hydrogen-bond acceptors (Lipinski definition) is 12. The molecule has 0 saturated heterocycles. The number of pyridine rings is 1. The van der Waals surface area contributed by atoms with Crippen LogP contribution in [-0.4, -0.2) is 89.5 Å². The standard InChI is InChI=1S/C27H27N7O8.Tb/c35-24(36)14-31(15-25(37)38)12-20-6-8-33(29-20)22-10-19(18-4-2-1-3-5-18)11-23(28-22)34-9-7-21(30-34)13-32(16-26(39)40)17-27(41)42;/h1-11H,12-17H2,(H,35,36)(H,37,38)(H,39,40)(H,41,42);/p-3. The Balaban J connectivity index is 0.00000506. The van der Waals surface area contributed by atoms with Gasteiger partial charge in [0.1, 0.15) is 0 Å². The number of aromatic nitrogens is 5. The Hall–Kier alpha value is -4.12. The molecule has 0 saturated carbocycles. The summed E-state index contributed by atoms with van der Waals surface area (Å²) in [6, 6.07) is 16.1. The van der Waals surface area contributed by atoms with Gasteiger partial charge in [-0.3, -0.25) is 14.6 Å². The summed E-state index contributed by atoms with van der Waals surface area (Å²) in [5.41, 5.74) is 2.38. The molecule has 43 heavy (non-hydrogen) atoms. The summed E-state index contributed by atoms with van der Waals surface area (Å²) in [4.78, 5) is 51.2. The molecule has 15 nitrogen and oxygen atoms in total. The second-order valence-corrected chi connectivity index (χ2v) is 9.24. The van der Waals surface area contributed by atoms with E-state index in [0.29, 0.717) is 23.0 Å². The predicted molar refractivity (Wildman–Crippen MR) is 137 cm³/mol. The van der Waals surface area contributed by atoms with Crippen molar-refractivity contribution in [3.05, 3.63) is 78.4 Å². The van der Waals surface area contributed by atoms with Crippen molar-refractivity contribution in [1.29, 1.82) is 0 Å². The fourth-order valence-corrected chi connectivity index (χ4v) is 4.21. The molecule has 0 aliphatic heterocycles. The quantitative estimate of drug-likeness (QED) is 0.130. The molecule has 0 aliphatic rings.